The fourth-order valence-corrected chi connectivity index (χ4v) is 6.59. The van der Waals surface area contributed by atoms with Crippen LogP contribution in [-0.2, 0) is 4.74 Å². The molecule has 1 aliphatic carbocycles. The van der Waals surface area contributed by atoms with Gasteiger partial charge in [-0.05, 0) is 54.6 Å². The smallest absolute Gasteiger partial charge is 0.320 e. The maximum Gasteiger partial charge on any atom is 0.320 e. The van der Waals surface area contributed by atoms with Crippen LogP contribution in [0.3, 0.4) is 0 Å². The summed E-state index contributed by atoms with van der Waals surface area (Å²) in [6, 6.07) is -0.878. The maximum absolute atomic E-state index is 15.3. The molecule has 13 heteroatoms. The van der Waals surface area contributed by atoms with Gasteiger partial charge in [-0.25, -0.2) is 13.2 Å². The van der Waals surface area contributed by atoms with Crippen LogP contribution in [-0.4, -0.2) is 89.0 Å². The van der Waals surface area contributed by atoms with E-state index in [0.29, 0.717) is 39.0 Å². The van der Waals surface area contributed by atoms with E-state index in [1.54, 1.807) is 0 Å². The van der Waals surface area contributed by atoms with Gasteiger partial charge in [-0.2, -0.15) is 9.97 Å². The molecule has 208 valence electrons. The van der Waals surface area contributed by atoms with Crippen LogP contribution < -0.4 is 14.8 Å². The fourth-order valence-electron chi connectivity index (χ4n) is 5.99. The van der Waals surface area contributed by atoms with Crippen molar-refractivity contribution in [1.82, 2.24) is 20.2 Å². The first-order valence-corrected chi connectivity index (χ1v) is 14.1. The van der Waals surface area contributed by atoms with Crippen molar-refractivity contribution in [3.05, 3.63) is 15.3 Å². The van der Waals surface area contributed by atoms with E-state index in [9.17, 15) is 9.50 Å². The summed E-state index contributed by atoms with van der Waals surface area (Å²) in [5.41, 5.74) is -2.14. The van der Waals surface area contributed by atoms with E-state index in [1.807, 2.05) is 0 Å². The molecule has 1 saturated carbocycles. The second kappa shape index (κ2) is 10.1. The van der Waals surface area contributed by atoms with Gasteiger partial charge in [0.25, 0.3) is 0 Å². The summed E-state index contributed by atoms with van der Waals surface area (Å²) < 4.78 is 61.6. The minimum Gasteiger partial charge on any atom is -0.493 e. The molecule has 6 rings (SSSR count). The Hall–Kier alpha value is -1.60. The Balaban J connectivity index is 1.26. The summed E-state index contributed by atoms with van der Waals surface area (Å²) in [5.74, 6) is -1.47. The molecule has 4 heterocycles. The summed E-state index contributed by atoms with van der Waals surface area (Å²) in [6.45, 7) is 2.25. The van der Waals surface area contributed by atoms with E-state index in [1.165, 1.54) is 0 Å². The number of benzene rings is 1. The minimum absolute atomic E-state index is 0.00300. The lowest BCUT2D eigenvalue weighted by Crippen LogP contribution is -2.49. The van der Waals surface area contributed by atoms with Gasteiger partial charge in [-0.15, -0.1) is 0 Å². The third-order valence-electron chi connectivity index (χ3n) is 8.23. The first-order valence-electron chi connectivity index (χ1n) is 12.9. The molecule has 0 radical (unpaired) electrons. The SMILES string of the molecule is Oc1nc(OC[C@@]23CCCN2C[C@H](F)C3)nc2c(F)c(Br)c(Cl)c(OC[C@@H](NC3CCOC3)C3(F)CC3)c12. The molecule has 3 aliphatic heterocycles. The van der Waals surface area contributed by atoms with Gasteiger partial charge in [-0.3, -0.25) is 4.90 Å². The highest BCUT2D eigenvalue weighted by atomic mass is 79.9. The second-order valence-corrected chi connectivity index (χ2v) is 12.0. The molecule has 38 heavy (non-hydrogen) atoms. The first-order chi connectivity index (χ1) is 18.2. The Morgan fingerprint density at radius 1 is 1.29 bits per heavy atom. The lowest BCUT2D eigenvalue weighted by Gasteiger charge is -2.30. The number of nitrogens with one attached hydrogen (secondary N) is 1. The predicted octanol–water partition coefficient (Wildman–Crippen LogP) is 4.47. The van der Waals surface area contributed by atoms with Crippen LogP contribution in [0, 0.1) is 5.82 Å². The van der Waals surface area contributed by atoms with Crippen molar-refractivity contribution in [1.29, 1.82) is 0 Å². The van der Waals surface area contributed by atoms with Crippen molar-refractivity contribution in [3.8, 4) is 17.6 Å². The molecular formula is C25H29BrClF3N4O4. The highest BCUT2D eigenvalue weighted by molar-refractivity contribution is 9.10. The van der Waals surface area contributed by atoms with Crippen LogP contribution in [0.2, 0.25) is 5.02 Å². The van der Waals surface area contributed by atoms with Gasteiger partial charge in [0.05, 0.1) is 22.7 Å². The number of halogens is 5. The third kappa shape index (κ3) is 4.80. The quantitative estimate of drug-likeness (QED) is 0.397. The lowest BCUT2D eigenvalue weighted by atomic mass is 9.95. The van der Waals surface area contributed by atoms with Gasteiger partial charge in [-0.1, -0.05) is 11.6 Å². The van der Waals surface area contributed by atoms with Gasteiger partial charge in [0.15, 0.2) is 11.6 Å². The Morgan fingerprint density at radius 2 is 2.11 bits per heavy atom. The van der Waals surface area contributed by atoms with Crippen molar-refractivity contribution in [2.75, 3.05) is 39.5 Å². The number of rotatable bonds is 9. The number of ether oxygens (including phenoxy) is 3. The summed E-state index contributed by atoms with van der Waals surface area (Å²) in [7, 11) is 0. The number of hydrogen-bond acceptors (Lipinski definition) is 8. The van der Waals surface area contributed by atoms with E-state index >= 15 is 8.78 Å². The lowest BCUT2D eigenvalue weighted by molar-refractivity contribution is 0.107. The number of nitrogens with zero attached hydrogens (tertiary/aromatic N) is 3. The zero-order valence-electron chi connectivity index (χ0n) is 20.6. The number of aromatic hydroxyl groups is 1. The van der Waals surface area contributed by atoms with Crippen molar-refractivity contribution >= 4 is 38.4 Å². The molecule has 0 bridgehead atoms. The Kier molecular flexibility index (Phi) is 7.07. The van der Waals surface area contributed by atoms with Gasteiger partial charge in [0.2, 0.25) is 5.88 Å². The molecule has 1 unspecified atom stereocenters. The third-order valence-corrected chi connectivity index (χ3v) is 9.57. The van der Waals surface area contributed by atoms with Crippen molar-refractivity contribution < 1.29 is 32.5 Å². The van der Waals surface area contributed by atoms with E-state index in [-0.39, 0.29) is 51.4 Å². The number of hydrogen-bond donors (Lipinski definition) is 2. The maximum atomic E-state index is 15.3. The Labute approximate surface area is 231 Å². The largest absolute Gasteiger partial charge is 0.493 e. The molecule has 4 aliphatic rings. The second-order valence-electron chi connectivity index (χ2n) is 10.8. The van der Waals surface area contributed by atoms with Gasteiger partial charge in [0, 0.05) is 25.6 Å². The van der Waals surface area contributed by atoms with Crippen LogP contribution in [0.1, 0.15) is 38.5 Å². The monoisotopic (exact) mass is 620 g/mol. The molecule has 0 spiro atoms. The summed E-state index contributed by atoms with van der Waals surface area (Å²) >= 11 is 9.55. The molecule has 1 aromatic carbocycles. The standard InChI is InChI=1S/C25H29BrClF3N4O4/c26-17-18(27)21(37-11-15(25(30)4-5-25)31-14-2-7-36-10-14)16-20(19(17)29)32-23(33-22(16)35)38-12-24-3-1-6-34(24)9-13(28)8-24/h13-15,31H,1-12H2,(H,32,33,35)/t13-,14?,15-,24+/m1/s1. The number of alkyl halides is 2. The number of fused-ring (bicyclic) bond motifs is 2. The molecule has 2 N–H and O–H groups in total. The van der Waals surface area contributed by atoms with Gasteiger partial charge in [0.1, 0.15) is 41.0 Å². The average Bonchev–Trinajstić information content (AvgIpc) is 3.20. The predicted molar refractivity (Wildman–Crippen MR) is 137 cm³/mol. The summed E-state index contributed by atoms with van der Waals surface area (Å²) in [4.78, 5) is 10.3. The molecule has 2 aromatic rings. The normalized spacial score (nSPS) is 29.1. The fraction of sp³-hybridized carbons (Fsp3) is 0.680. The zero-order chi connectivity index (χ0) is 26.7. The topological polar surface area (TPSA) is 89.0 Å². The molecular weight excluding hydrogens is 593 g/mol. The molecule has 4 fully saturated rings. The highest BCUT2D eigenvalue weighted by Gasteiger charge is 2.52. The van der Waals surface area contributed by atoms with Crippen LogP contribution in [0.15, 0.2) is 4.47 Å². The Bertz CT molecular complexity index is 1240. The number of aromatic nitrogens is 2. The van der Waals surface area contributed by atoms with E-state index < -0.39 is 35.1 Å². The van der Waals surface area contributed by atoms with Gasteiger partial charge < -0.3 is 24.6 Å². The van der Waals surface area contributed by atoms with E-state index in [4.69, 9.17) is 25.8 Å². The molecule has 1 aromatic heterocycles. The molecule has 0 amide bonds. The van der Waals surface area contributed by atoms with Gasteiger partial charge >= 0.3 is 6.01 Å². The minimum atomic E-state index is -1.42. The molecule has 8 nitrogen and oxygen atoms in total. The molecule has 3 saturated heterocycles. The van der Waals surface area contributed by atoms with Crippen molar-refractivity contribution in [2.45, 2.75) is 68.0 Å². The zero-order valence-corrected chi connectivity index (χ0v) is 23.0. The van der Waals surface area contributed by atoms with Crippen molar-refractivity contribution in [3.63, 3.8) is 0 Å². The van der Waals surface area contributed by atoms with Crippen LogP contribution in [0.5, 0.6) is 17.6 Å². The van der Waals surface area contributed by atoms with Crippen LogP contribution >= 0.6 is 27.5 Å². The van der Waals surface area contributed by atoms with E-state index in [2.05, 4.69) is 36.1 Å². The first kappa shape index (κ1) is 26.6. The van der Waals surface area contributed by atoms with Crippen LogP contribution in [0.4, 0.5) is 13.2 Å². The average molecular weight is 622 g/mol. The van der Waals surface area contributed by atoms with Crippen molar-refractivity contribution in [2.24, 2.45) is 0 Å². The highest BCUT2D eigenvalue weighted by Crippen LogP contribution is 2.47. The summed E-state index contributed by atoms with van der Waals surface area (Å²) in [6.07, 6.45) is 2.70. The Morgan fingerprint density at radius 3 is 2.84 bits per heavy atom. The van der Waals surface area contributed by atoms with Crippen LogP contribution in [0.25, 0.3) is 10.9 Å². The molecule has 4 atom stereocenters. The van der Waals surface area contributed by atoms with E-state index in [0.717, 1.165) is 25.8 Å². The summed E-state index contributed by atoms with van der Waals surface area (Å²) in [5, 5.41) is 13.8.